The molecule has 0 saturated heterocycles. The lowest BCUT2D eigenvalue weighted by Gasteiger charge is -2.42. The lowest BCUT2D eigenvalue weighted by Crippen LogP contribution is -2.53. The maximum absolute atomic E-state index is 6.07. The van der Waals surface area contributed by atoms with E-state index in [1.807, 2.05) is 18.2 Å². The Labute approximate surface area is 110 Å². The fourth-order valence-corrected chi connectivity index (χ4v) is 3.05. The maximum atomic E-state index is 6.07. The highest BCUT2D eigenvalue weighted by atomic mass is 16.5. The lowest BCUT2D eigenvalue weighted by molar-refractivity contribution is 0.239. The van der Waals surface area contributed by atoms with Crippen molar-refractivity contribution in [2.45, 2.75) is 38.6 Å². The van der Waals surface area contributed by atoms with E-state index in [2.05, 4.69) is 25.2 Å². The largest absolute Gasteiger partial charge is 0.497 e. The predicted octanol–water partition coefficient (Wildman–Crippen LogP) is 3.01. The number of nitrogens with two attached hydrogens (primary N) is 1. The molecule has 1 aromatic carbocycles. The summed E-state index contributed by atoms with van der Waals surface area (Å²) in [4.78, 5) is 0. The van der Waals surface area contributed by atoms with Crippen LogP contribution in [0.5, 0.6) is 5.75 Å². The van der Waals surface area contributed by atoms with Gasteiger partial charge in [0.05, 0.1) is 12.6 Å². The molecule has 0 radical (unpaired) electrons. The van der Waals surface area contributed by atoms with Gasteiger partial charge in [0, 0.05) is 18.3 Å². The molecule has 1 aliphatic rings. The van der Waals surface area contributed by atoms with Crippen molar-refractivity contribution in [3.63, 3.8) is 0 Å². The van der Waals surface area contributed by atoms with E-state index in [9.17, 15) is 0 Å². The maximum Gasteiger partial charge on any atom is 0.120 e. The Morgan fingerprint density at radius 1 is 1.33 bits per heavy atom. The second kappa shape index (κ2) is 4.81. The molecule has 1 aliphatic carbocycles. The van der Waals surface area contributed by atoms with Crippen molar-refractivity contribution in [3.05, 3.63) is 24.3 Å². The molecule has 2 rings (SSSR count). The molecule has 0 aromatic heterocycles. The van der Waals surface area contributed by atoms with E-state index in [0.29, 0.717) is 6.54 Å². The molecular formula is C15H24N2O. The number of methoxy groups -OCH3 is 1. The van der Waals surface area contributed by atoms with Crippen molar-refractivity contribution in [1.82, 2.24) is 0 Å². The Hall–Kier alpha value is -1.22. The van der Waals surface area contributed by atoms with Crippen LogP contribution in [0.15, 0.2) is 24.3 Å². The summed E-state index contributed by atoms with van der Waals surface area (Å²) >= 11 is 0. The first-order valence-electron chi connectivity index (χ1n) is 6.65. The molecule has 1 saturated carbocycles. The Kier molecular flexibility index (Phi) is 3.53. The van der Waals surface area contributed by atoms with Gasteiger partial charge in [-0.25, -0.2) is 0 Å². The highest BCUT2D eigenvalue weighted by molar-refractivity contribution is 5.51. The third-order valence-corrected chi connectivity index (χ3v) is 4.50. The molecule has 1 fully saturated rings. The van der Waals surface area contributed by atoms with Gasteiger partial charge in [0.15, 0.2) is 0 Å². The SMILES string of the molecule is COc1cccc(NC2(CN)CCCC2(C)C)c1. The number of anilines is 1. The molecule has 18 heavy (non-hydrogen) atoms. The van der Waals surface area contributed by atoms with Crippen LogP contribution < -0.4 is 15.8 Å². The molecule has 1 aromatic rings. The smallest absolute Gasteiger partial charge is 0.120 e. The van der Waals surface area contributed by atoms with Crippen LogP contribution in [-0.4, -0.2) is 19.2 Å². The topological polar surface area (TPSA) is 47.3 Å². The summed E-state index contributed by atoms with van der Waals surface area (Å²) in [5.41, 5.74) is 7.39. The van der Waals surface area contributed by atoms with E-state index in [1.165, 1.54) is 12.8 Å². The van der Waals surface area contributed by atoms with Crippen LogP contribution in [0.4, 0.5) is 5.69 Å². The number of nitrogens with one attached hydrogen (secondary N) is 1. The third-order valence-electron chi connectivity index (χ3n) is 4.50. The molecule has 0 bridgehead atoms. The van der Waals surface area contributed by atoms with Gasteiger partial charge < -0.3 is 15.8 Å². The normalized spacial score (nSPS) is 26.0. The number of ether oxygens (including phenoxy) is 1. The average molecular weight is 248 g/mol. The number of hydrogen-bond acceptors (Lipinski definition) is 3. The first-order chi connectivity index (χ1) is 8.53. The van der Waals surface area contributed by atoms with E-state index in [4.69, 9.17) is 10.5 Å². The van der Waals surface area contributed by atoms with E-state index in [1.54, 1.807) is 7.11 Å². The second-order valence-corrected chi connectivity index (χ2v) is 5.88. The lowest BCUT2D eigenvalue weighted by atomic mass is 9.74. The molecule has 100 valence electrons. The summed E-state index contributed by atoms with van der Waals surface area (Å²) in [7, 11) is 1.69. The minimum atomic E-state index is -0.000630. The molecule has 0 aliphatic heterocycles. The van der Waals surface area contributed by atoms with Crippen LogP contribution in [0.3, 0.4) is 0 Å². The van der Waals surface area contributed by atoms with Gasteiger partial charge in [-0.2, -0.15) is 0 Å². The summed E-state index contributed by atoms with van der Waals surface area (Å²) in [5, 5.41) is 3.66. The average Bonchev–Trinajstić information content (AvgIpc) is 2.65. The van der Waals surface area contributed by atoms with Crippen molar-refractivity contribution < 1.29 is 4.74 Å². The summed E-state index contributed by atoms with van der Waals surface area (Å²) in [6.07, 6.45) is 3.59. The molecule has 3 nitrogen and oxygen atoms in total. The van der Waals surface area contributed by atoms with E-state index in [0.717, 1.165) is 17.9 Å². The molecule has 1 atom stereocenters. The first kappa shape index (κ1) is 13.2. The van der Waals surface area contributed by atoms with Crippen molar-refractivity contribution >= 4 is 5.69 Å². The first-order valence-corrected chi connectivity index (χ1v) is 6.65. The molecular weight excluding hydrogens is 224 g/mol. The van der Waals surface area contributed by atoms with Gasteiger partial charge in [-0.1, -0.05) is 26.3 Å². The van der Waals surface area contributed by atoms with E-state index in [-0.39, 0.29) is 11.0 Å². The van der Waals surface area contributed by atoms with Gasteiger partial charge in [0.25, 0.3) is 0 Å². The Bertz CT molecular complexity index is 417. The van der Waals surface area contributed by atoms with Crippen molar-refractivity contribution in [1.29, 1.82) is 0 Å². The molecule has 1 unspecified atom stereocenters. The minimum absolute atomic E-state index is 0.000630. The van der Waals surface area contributed by atoms with Crippen LogP contribution in [-0.2, 0) is 0 Å². The van der Waals surface area contributed by atoms with Gasteiger partial charge in [0.2, 0.25) is 0 Å². The van der Waals surface area contributed by atoms with E-state index >= 15 is 0 Å². The van der Waals surface area contributed by atoms with Gasteiger partial charge in [-0.15, -0.1) is 0 Å². The van der Waals surface area contributed by atoms with Crippen molar-refractivity contribution in [3.8, 4) is 5.75 Å². The van der Waals surface area contributed by atoms with Gasteiger partial charge >= 0.3 is 0 Å². The Morgan fingerprint density at radius 2 is 2.11 bits per heavy atom. The fourth-order valence-electron chi connectivity index (χ4n) is 3.05. The van der Waals surface area contributed by atoms with E-state index < -0.39 is 0 Å². The van der Waals surface area contributed by atoms with Crippen molar-refractivity contribution in [2.75, 3.05) is 19.0 Å². The Morgan fingerprint density at radius 3 is 2.67 bits per heavy atom. The third kappa shape index (κ3) is 2.19. The summed E-state index contributed by atoms with van der Waals surface area (Å²) < 4.78 is 5.27. The molecule has 3 heteroatoms. The highest BCUT2D eigenvalue weighted by Crippen LogP contribution is 2.47. The molecule has 3 N–H and O–H groups in total. The van der Waals surface area contributed by atoms with Crippen LogP contribution in [0.25, 0.3) is 0 Å². The highest BCUT2D eigenvalue weighted by Gasteiger charge is 2.47. The van der Waals surface area contributed by atoms with Crippen LogP contribution in [0, 0.1) is 5.41 Å². The standard InChI is InChI=1S/C15H24N2O/c1-14(2)8-5-9-15(14,11-16)17-12-6-4-7-13(10-12)18-3/h4,6-7,10,17H,5,8-9,11,16H2,1-3H3. The van der Waals surface area contributed by atoms with Crippen LogP contribution in [0.2, 0.25) is 0 Å². The Balaban J connectivity index is 2.25. The monoisotopic (exact) mass is 248 g/mol. The number of rotatable bonds is 4. The number of hydrogen-bond donors (Lipinski definition) is 2. The summed E-state index contributed by atoms with van der Waals surface area (Å²) in [6, 6.07) is 8.08. The predicted molar refractivity (Wildman–Crippen MR) is 76.0 cm³/mol. The van der Waals surface area contributed by atoms with Gasteiger partial charge in [-0.3, -0.25) is 0 Å². The fraction of sp³-hybridized carbons (Fsp3) is 0.600. The quantitative estimate of drug-likeness (QED) is 0.861. The van der Waals surface area contributed by atoms with Gasteiger partial charge in [-0.05, 0) is 30.4 Å². The zero-order valence-corrected chi connectivity index (χ0v) is 11.6. The second-order valence-electron chi connectivity index (χ2n) is 5.88. The zero-order chi connectivity index (χ0) is 13.2. The molecule has 0 spiro atoms. The number of benzene rings is 1. The summed E-state index contributed by atoms with van der Waals surface area (Å²) in [6.45, 7) is 5.28. The molecule has 0 heterocycles. The molecule has 0 amide bonds. The van der Waals surface area contributed by atoms with Crippen LogP contribution >= 0.6 is 0 Å². The summed E-state index contributed by atoms with van der Waals surface area (Å²) in [5.74, 6) is 0.878. The van der Waals surface area contributed by atoms with Crippen LogP contribution in [0.1, 0.15) is 33.1 Å². The van der Waals surface area contributed by atoms with Crippen molar-refractivity contribution in [2.24, 2.45) is 11.1 Å². The zero-order valence-electron chi connectivity index (χ0n) is 11.6. The minimum Gasteiger partial charge on any atom is -0.497 e. The van der Waals surface area contributed by atoms with Gasteiger partial charge in [0.1, 0.15) is 5.75 Å².